The summed E-state index contributed by atoms with van der Waals surface area (Å²) in [6, 6.07) is 11.0. The number of aromatic nitrogens is 3. The number of hydrogen-bond donors (Lipinski definition) is 2. The molecule has 0 aliphatic carbocycles. The Kier molecular flexibility index (Phi) is 7.62. The molecule has 0 radical (unpaired) electrons. The van der Waals surface area contributed by atoms with Crippen molar-refractivity contribution in [3.8, 4) is 11.3 Å². The van der Waals surface area contributed by atoms with Gasteiger partial charge in [-0.3, -0.25) is 14.9 Å². The number of nitrogens with zero attached hydrogens (tertiary/aromatic N) is 3. The SMILES string of the molecule is Cc1onc(-c2ccccc2Cl)c1C(=O)Nc1nnc(SCC(=O)Nc2ccc(C(F)(F)F)cc2)s1. The molecule has 0 unspecified atom stereocenters. The molecule has 14 heteroatoms. The summed E-state index contributed by atoms with van der Waals surface area (Å²) in [7, 11) is 0. The molecule has 8 nitrogen and oxygen atoms in total. The van der Waals surface area contributed by atoms with Crippen molar-refractivity contribution in [2.75, 3.05) is 16.4 Å². The Morgan fingerprint density at radius 3 is 2.50 bits per heavy atom. The number of nitrogens with one attached hydrogen (secondary N) is 2. The lowest BCUT2D eigenvalue weighted by Gasteiger charge is -2.08. The molecule has 0 aliphatic heterocycles. The van der Waals surface area contributed by atoms with E-state index in [2.05, 4.69) is 26.0 Å². The van der Waals surface area contributed by atoms with E-state index in [9.17, 15) is 22.8 Å². The van der Waals surface area contributed by atoms with E-state index in [1.54, 1.807) is 31.2 Å². The van der Waals surface area contributed by atoms with Gasteiger partial charge < -0.3 is 9.84 Å². The second-order valence-corrected chi connectivity index (χ2v) is 9.79. The zero-order valence-corrected chi connectivity index (χ0v) is 20.6. The maximum atomic E-state index is 12.9. The molecule has 0 fully saturated rings. The first kappa shape index (κ1) is 25.7. The Labute approximate surface area is 215 Å². The Morgan fingerprint density at radius 2 is 1.81 bits per heavy atom. The quantitative estimate of drug-likeness (QED) is 0.208. The molecule has 186 valence electrons. The van der Waals surface area contributed by atoms with Crippen LogP contribution in [0.4, 0.5) is 24.0 Å². The van der Waals surface area contributed by atoms with Crippen LogP contribution >= 0.6 is 34.7 Å². The van der Waals surface area contributed by atoms with Crippen LogP contribution in [-0.2, 0) is 11.0 Å². The highest BCUT2D eigenvalue weighted by atomic mass is 35.5. The Hall–Kier alpha value is -3.42. The van der Waals surface area contributed by atoms with E-state index in [-0.39, 0.29) is 27.8 Å². The van der Waals surface area contributed by atoms with Crippen LogP contribution in [0, 0.1) is 6.92 Å². The summed E-state index contributed by atoms with van der Waals surface area (Å²) in [5.41, 5.74) is 0.447. The van der Waals surface area contributed by atoms with Crippen molar-refractivity contribution in [3.05, 3.63) is 70.4 Å². The average Bonchev–Trinajstić information content (AvgIpc) is 3.44. The van der Waals surface area contributed by atoms with Gasteiger partial charge in [-0.15, -0.1) is 10.2 Å². The maximum Gasteiger partial charge on any atom is 0.416 e. The van der Waals surface area contributed by atoms with Gasteiger partial charge in [0.15, 0.2) is 4.34 Å². The van der Waals surface area contributed by atoms with Crippen LogP contribution in [0.3, 0.4) is 0 Å². The number of hydrogen-bond acceptors (Lipinski definition) is 8. The third-order valence-corrected chi connectivity index (χ3v) is 6.97. The van der Waals surface area contributed by atoms with Gasteiger partial charge >= 0.3 is 6.18 Å². The number of amides is 2. The molecule has 0 saturated carbocycles. The second-order valence-electron chi connectivity index (χ2n) is 7.18. The van der Waals surface area contributed by atoms with Crippen molar-refractivity contribution in [2.45, 2.75) is 17.4 Å². The van der Waals surface area contributed by atoms with Gasteiger partial charge in [0.25, 0.3) is 5.91 Å². The Bertz CT molecular complexity index is 1410. The van der Waals surface area contributed by atoms with Crippen LogP contribution in [0.5, 0.6) is 0 Å². The number of halogens is 4. The summed E-state index contributed by atoms with van der Waals surface area (Å²) in [4.78, 5) is 25.1. The number of benzene rings is 2. The number of alkyl halides is 3. The number of aryl methyl sites for hydroxylation is 1. The minimum atomic E-state index is -4.45. The van der Waals surface area contributed by atoms with E-state index < -0.39 is 23.6 Å². The first-order valence-corrected chi connectivity index (χ1v) is 12.3. The van der Waals surface area contributed by atoms with Crippen LogP contribution < -0.4 is 10.6 Å². The molecule has 0 bridgehead atoms. The summed E-state index contributed by atoms with van der Waals surface area (Å²) < 4.78 is 43.5. The first-order chi connectivity index (χ1) is 17.1. The van der Waals surface area contributed by atoms with E-state index in [0.717, 1.165) is 35.2 Å². The van der Waals surface area contributed by atoms with E-state index in [1.165, 1.54) is 12.1 Å². The summed E-state index contributed by atoms with van der Waals surface area (Å²) in [5, 5.41) is 17.6. The zero-order chi connectivity index (χ0) is 25.9. The molecule has 4 rings (SSSR count). The minimum Gasteiger partial charge on any atom is -0.360 e. The topological polar surface area (TPSA) is 110 Å². The third kappa shape index (κ3) is 6.04. The van der Waals surface area contributed by atoms with Gasteiger partial charge in [0, 0.05) is 11.3 Å². The fourth-order valence-electron chi connectivity index (χ4n) is 3.02. The monoisotopic (exact) mass is 553 g/mol. The largest absolute Gasteiger partial charge is 0.416 e. The molecule has 2 aromatic heterocycles. The minimum absolute atomic E-state index is 0.0645. The number of thioether (sulfide) groups is 1. The summed E-state index contributed by atoms with van der Waals surface area (Å²) >= 11 is 8.34. The molecule has 4 aromatic rings. The van der Waals surface area contributed by atoms with Gasteiger partial charge in [-0.1, -0.05) is 58.1 Å². The number of rotatable bonds is 7. The fourth-order valence-corrected chi connectivity index (χ4v) is 4.79. The van der Waals surface area contributed by atoms with E-state index >= 15 is 0 Å². The molecule has 0 aliphatic rings. The van der Waals surface area contributed by atoms with Gasteiger partial charge in [0.05, 0.1) is 16.3 Å². The Morgan fingerprint density at radius 1 is 1.08 bits per heavy atom. The molecule has 2 heterocycles. The molecule has 0 atom stereocenters. The molecule has 2 aromatic carbocycles. The predicted molar refractivity (Wildman–Crippen MR) is 130 cm³/mol. The predicted octanol–water partition coefficient (Wildman–Crippen LogP) is 6.16. The zero-order valence-electron chi connectivity index (χ0n) is 18.2. The van der Waals surface area contributed by atoms with Gasteiger partial charge in [-0.05, 0) is 37.3 Å². The normalized spacial score (nSPS) is 11.4. The summed E-state index contributed by atoms with van der Waals surface area (Å²) in [6.07, 6.45) is -4.45. The maximum absolute atomic E-state index is 12.9. The highest BCUT2D eigenvalue weighted by molar-refractivity contribution is 8.01. The van der Waals surface area contributed by atoms with Crippen molar-refractivity contribution in [1.29, 1.82) is 0 Å². The van der Waals surface area contributed by atoms with Crippen molar-refractivity contribution in [2.24, 2.45) is 0 Å². The fraction of sp³-hybridized carbons (Fsp3) is 0.136. The Balaban J connectivity index is 1.35. The summed E-state index contributed by atoms with van der Waals surface area (Å²) in [6.45, 7) is 1.60. The molecule has 36 heavy (non-hydrogen) atoms. The number of anilines is 2. The van der Waals surface area contributed by atoms with Gasteiger partial charge in [0.2, 0.25) is 11.0 Å². The molecule has 2 N–H and O–H groups in total. The van der Waals surface area contributed by atoms with Crippen molar-refractivity contribution >= 4 is 57.3 Å². The van der Waals surface area contributed by atoms with Crippen LogP contribution in [-0.4, -0.2) is 32.9 Å². The van der Waals surface area contributed by atoms with Crippen LogP contribution in [0.15, 0.2) is 57.4 Å². The molecule has 0 saturated heterocycles. The summed E-state index contributed by atoms with van der Waals surface area (Å²) in [5.74, 6) is -0.728. The lowest BCUT2D eigenvalue weighted by atomic mass is 10.1. The van der Waals surface area contributed by atoms with Crippen LogP contribution in [0.25, 0.3) is 11.3 Å². The number of carbonyl (C=O) groups excluding carboxylic acids is 2. The van der Waals surface area contributed by atoms with E-state index in [1.807, 2.05) is 0 Å². The van der Waals surface area contributed by atoms with Gasteiger partial charge in [-0.2, -0.15) is 13.2 Å². The third-order valence-electron chi connectivity index (χ3n) is 4.67. The van der Waals surface area contributed by atoms with E-state index in [4.69, 9.17) is 16.1 Å². The van der Waals surface area contributed by atoms with Crippen LogP contribution in [0.2, 0.25) is 5.02 Å². The van der Waals surface area contributed by atoms with Crippen molar-refractivity contribution in [1.82, 2.24) is 15.4 Å². The highest BCUT2D eigenvalue weighted by Gasteiger charge is 2.30. The average molecular weight is 554 g/mol. The van der Waals surface area contributed by atoms with Crippen molar-refractivity contribution in [3.63, 3.8) is 0 Å². The van der Waals surface area contributed by atoms with E-state index in [0.29, 0.717) is 20.7 Å². The lowest BCUT2D eigenvalue weighted by Crippen LogP contribution is -2.14. The second kappa shape index (κ2) is 10.7. The molecule has 0 spiro atoms. The number of carbonyl (C=O) groups is 2. The lowest BCUT2D eigenvalue weighted by molar-refractivity contribution is -0.137. The first-order valence-electron chi connectivity index (χ1n) is 10.1. The standard InChI is InChI=1S/C22H15ClF3N5O3S2/c1-11-17(18(31-34-11)14-4-2-3-5-15(14)23)19(33)28-20-29-30-21(36-20)35-10-16(32)27-13-8-6-12(7-9-13)22(24,25)26/h2-9H,10H2,1H3,(H,27,32)(H,28,29,33). The van der Waals surface area contributed by atoms with Crippen LogP contribution in [0.1, 0.15) is 21.7 Å². The molecular weight excluding hydrogens is 539 g/mol. The highest BCUT2D eigenvalue weighted by Crippen LogP contribution is 2.33. The smallest absolute Gasteiger partial charge is 0.360 e. The van der Waals surface area contributed by atoms with Gasteiger partial charge in [0.1, 0.15) is 17.0 Å². The van der Waals surface area contributed by atoms with Gasteiger partial charge in [-0.25, -0.2) is 0 Å². The molecule has 2 amide bonds. The van der Waals surface area contributed by atoms with Crippen molar-refractivity contribution < 1.29 is 27.3 Å². The molecular formula is C22H15ClF3N5O3S2.